The summed E-state index contributed by atoms with van der Waals surface area (Å²) in [6.07, 6.45) is 0. The van der Waals surface area contributed by atoms with Gasteiger partial charge >= 0.3 is 0 Å². The van der Waals surface area contributed by atoms with Crippen LogP contribution in [0.4, 0.5) is 5.69 Å². The number of rotatable bonds is 2. The summed E-state index contributed by atoms with van der Waals surface area (Å²) in [4.78, 5) is 6.43. The van der Waals surface area contributed by atoms with Crippen LogP contribution in [0.3, 0.4) is 0 Å². The molecule has 82 valence electrons. The van der Waals surface area contributed by atoms with Gasteiger partial charge < -0.3 is 9.64 Å². The van der Waals surface area contributed by atoms with E-state index in [1.54, 1.807) is 0 Å². The maximum Gasteiger partial charge on any atom is 0.131 e. The molecule has 1 aromatic heterocycles. The van der Waals surface area contributed by atoms with E-state index in [9.17, 15) is 0 Å². The standard InChI is InChI=1S/C10H13ClN2OS/c11-10-6-9(5-8(7-15)12-10)13-1-3-14-4-2-13/h5-6,15H,1-4,7H2. The van der Waals surface area contributed by atoms with E-state index in [0.29, 0.717) is 10.9 Å². The fraction of sp³-hybridized carbons (Fsp3) is 0.500. The smallest absolute Gasteiger partial charge is 0.131 e. The van der Waals surface area contributed by atoms with Gasteiger partial charge in [-0.15, -0.1) is 0 Å². The van der Waals surface area contributed by atoms with Crippen molar-refractivity contribution in [2.24, 2.45) is 0 Å². The fourth-order valence-electron chi connectivity index (χ4n) is 1.62. The minimum absolute atomic E-state index is 0.531. The van der Waals surface area contributed by atoms with E-state index in [4.69, 9.17) is 16.3 Å². The molecule has 1 aliphatic heterocycles. The number of hydrogen-bond acceptors (Lipinski definition) is 4. The molecule has 2 rings (SSSR count). The molecule has 0 unspecified atom stereocenters. The van der Waals surface area contributed by atoms with Gasteiger partial charge in [0, 0.05) is 24.5 Å². The van der Waals surface area contributed by atoms with Crippen LogP contribution in [0.1, 0.15) is 5.69 Å². The summed E-state index contributed by atoms with van der Waals surface area (Å²) in [5, 5.41) is 0.531. The zero-order valence-corrected chi connectivity index (χ0v) is 9.97. The molecule has 0 N–H and O–H groups in total. The summed E-state index contributed by atoms with van der Waals surface area (Å²) in [7, 11) is 0. The molecule has 0 atom stereocenters. The van der Waals surface area contributed by atoms with Crippen LogP contribution in [0.25, 0.3) is 0 Å². The van der Waals surface area contributed by atoms with Crippen LogP contribution in [0.5, 0.6) is 0 Å². The van der Waals surface area contributed by atoms with Gasteiger partial charge in [-0.2, -0.15) is 12.6 Å². The molecule has 3 nitrogen and oxygen atoms in total. The van der Waals surface area contributed by atoms with Gasteiger partial charge in [-0.1, -0.05) is 11.6 Å². The number of aromatic nitrogens is 1. The first-order valence-electron chi connectivity index (χ1n) is 4.89. The first kappa shape index (κ1) is 11.0. The van der Waals surface area contributed by atoms with E-state index in [2.05, 4.69) is 22.5 Å². The van der Waals surface area contributed by atoms with Gasteiger partial charge in [0.15, 0.2) is 0 Å². The SMILES string of the molecule is SCc1cc(N2CCOCC2)cc(Cl)n1. The summed E-state index contributed by atoms with van der Waals surface area (Å²) in [5.74, 6) is 0.609. The van der Waals surface area contributed by atoms with Crippen molar-refractivity contribution < 1.29 is 4.74 Å². The lowest BCUT2D eigenvalue weighted by molar-refractivity contribution is 0.122. The van der Waals surface area contributed by atoms with Gasteiger partial charge in [-0.25, -0.2) is 4.98 Å². The van der Waals surface area contributed by atoms with Crippen molar-refractivity contribution in [2.75, 3.05) is 31.2 Å². The molecule has 1 aromatic rings. The molecule has 1 aliphatic rings. The Morgan fingerprint density at radius 3 is 2.80 bits per heavy atom. The number of hydrogen-bond donors (Lipinski definition) is 1. The summed E-state index contributed by atoms with van der Waals surface area (Å²) >= 11 is 10.1. The third-order valence-corrected chi connectivity index (χ3v) is 2.89. The van der Waals surface area contributed by atoms with Crippen molar-refractivity contribution in [2.45, 2.75) is 5.75 Å². The Morgan fingerprint density at radius 2 is 2.13 bits per heavy atom. The molecule has 0 saturated carbocycles. The van der Waals surface area contributed by atoms with Gasteiger partial charge in [0.1, 0.15) is 5.15 Å². The van der Waals surface area contributed by atoms with Gasteiger partial charge in [0.2, 0.25) is 0 Å². The Bertz CT molecular complexity index is 342. The molecule has 5 heteroatoms. The van der Waals surface area contributed by atoms with Crippen molar-refractivity contribution in [3.63, 3.8) is 0 Å². The Hall–Kier alpha value is -0.450. The van der Waals surface area contributed by atoms with Gasteiger partial charge in [0.25, 0.3) is 0 Å². The van der Waals surface area contributed by atoms with Crippen molar-refractivity contribution in [1.29, 1.82) is 0 Å². The lowest BCUT2D eigenvalue weighted by Crippen LogP contribution is -2.36. The van der Waals surface area contributed by atoms with E-state index in [0.717, 1.165) is 37.7 Å². The molecule has 2 heterocycles. The van der Waals surface area contributed by atoms with E-state index >= 15 is 0 Å². The van der Waals surface area contributed by atoms with Crippen LogP contribution in [0, 0.1) is 0 Å². The lowest BCUT2D eigenvalue weighted by atomic mass is 10.3. The number of pyridine rings is 1. The Balaban J connectivity index is 2.22. The van der Waals surface area contributed by atoms with E-state index < -0.39 is 0 Å². The summed E-state index contributed by atoms with van der Waals surface area (Å²) in [6.45, 7) is 3.37. The predicted octanol–water partition coefficient (Wildman–Crippen LogP) is 2.00. The average Bonchev–Trinajstić information content (AvgIpc) is 2.29. The van der Waals surface area contributed by atoms with Crippen molar-refractivity contribution in [1.82, 2.24) is 4.98 Å². The molecule has 0 spiro atoms. The third kappa shape index (κ3) is 2.77. The third-order valence-electron chi connectivity index (χ3n) is 2.37. The van der Waals surface area contributed by atoms with Gasteiger partial charge in [0.05, 0.1) is 18.9 Å². The second-order valence-corrected chi connectivity index (χ2v) is 4.10. The average molecular weight is 245 g/mol. The Kier molecular flexibility index (Phi) is 3.72. The Labute approximate surface area is 99.8 Å². The highest BCUT2D eigenvalue weighted by Crippen LogP contribution is 2.21. The monoisotopic (exact) mass is 244 g/mol. The second kappa shape index (κ2) is 5.05. The fourth-order valence-corrected chi connectivity index (χ4v) is 2.00. The molecule has 15 heavy (non-hydrogen) atoms. The predicted molar refractivity (Wildman–Crippen MR) is 65.0 cm³/mol. The molecular weight excluding hydrogens is 232 g/mol. The van der Waals surface area contributed by atoms with Crippen LogP contribution in [-0.4, -0.2) is 31.3 Å². The Morgan fingerprint density at radius 1 is 1.40 bits per heavy atom. The maximum absolute atomic E-state index is 5.95. The van der Waals surface area contributed by atoms with E-state index in [1.165, 1.54) is 0 Å². The van der Waals surface area contributed by atoms with Crippen LogP contribution in [0.15, 0.2) is 12.1 Å². The quantitative estimate of drug-likeness (QED) is 0.637. The molecule has 0 aromatic carbocycles. The normalized spacial score (nSPS) is 16.8. The van der Waals surface area contributed by atoms with Crippen LogP contribution >= 0.6 is 24.2 Å². The lowest BCUT2D eigenvalue weighted by Gasteiger charge is -2.29. The summed E-state index contributed by atoms with van der Waals surface area (Å²) in [6, 6.07) is 3.92. The van der Waals surface area contributed by atoms with Gasteiger partial charge in [-0.3, -0.25) is 0 Å². The summed E-state index contributed by atoms with van der Waals surface area (Å²) < 4.78 is 5.30. The van der Waals surface area contributed by atoms with Crippen LogP contribution < -0.4 is 4.90 Å². The van der Waals surface area contributed by atoms with Crippen LogP contribution in [-0.2, 0) is 10.5 Å². The highest BCUT2D eigenvalue weighted by Gasteiger charge is 2.12. The molecule has 0 amide bonds. The number of anilines is 1. The topological polar surface area (TPSA) is 25.4 Å². The minimum Gasteiger partial charge on any atom is -0.378 e. The number of ether oxygens (including phenoxy) is 1. The molecular formula is C10H13ClN2OS. The van der Waals surface area contributed by atoms with E-state index in [1.807, 2.05) is 12.1 Å². The van der Waals surface area contributed by atoms with Crippen molar-refractivity contribution in [3.8, 4) is 0 Å². The van der Waals surface area contributed by atoms with Crippen molar-refractivity contribution in [3.05, 3.63) is 23.0 Å². The molecule has 0 radical (unpaired) electrons. The highest BCUT2D eigenvalue weighted by molar-refractivity contribution is 7.79. The second-order valence-electron chi connectivity index (χ2n) is 3.40. The largest absolute Gasteiger partial charge is 0.378 e. The minimum atomic E-state index is 0.531. The number of thiol groups is 1. The number of halogens is 1. The van der Waals surface area contributed by atoms with Gasteiger partial charge in [-0.05, 0) is 12.1 Å². The molecule has 0 bridgehead atoms. The van der Waals surface area contributed by atoms with Crippen molar-refractivity contribution >= 4 is 29.9 Å². The zero-order valence-electron chi connectivity index (χ0n) is 8.32. The first-order valence-corrected chi connectivity index (χ1v) is 5.90. The molecule has 1 saturated heterocycles. The number of morpholine rings is 1. The molecule has 0 aliphatic carbocycles. The number of nitrogens with zero attached hydrogens (tertiary/aromatic N) is 2. The van der Waals surface area contributed by atoms with Crippen LogP contribution in [0.2, 0.25) is 5.15 Å². The molecule has 1 fully saturated rings. The first-order chi connectivity index (χ1) is 7.29. The highest BCUT2D eigenvalue weighted by atomic mass is 35.5. The summed E-state index contributed by atoms with van der Waals surface area (Å²) in [5.41, 5.74) is 2.02. The zero-order chi connectivity index (χ0) is 10.7. The van der Waals surface area contributed by atoms with E-state index in [-0.39, 0.29) is 0 Å². The maximum atomic E-state index is 5.95.